The van der Waals surface area contributed by atoms with Gasteiger partial charge in [-0.05, 0) is 80.5 Å². The van der Waals surface area contributed by atoms with Gasteiger partial charge in [-0.15, -0.1) is 0 Å². The second kappa shape index (κ2) is 12.7. The Hall–Kier alpha value is -2.68. The van der Waals surface area contributed by atoms with E-state index in [1.165, 1.54) is 5.56 Å². The molecule has 9 heteroatoms. The van der Waals surface area contributed by atoms with Crippen molar-refractivity contribution in [2.75, 3.05) is 31.7 Å². The molecular formula is C30H38ClN3O5. The van der Waals surface area contributed by atoms with Gasteiger partial charge < -0.3 is 25.2 Å². The number of amides is 1. The van der Waals surface area contributed by atoms with Crippen molar-refractivity contribution in [3.63, 3.8) is 0 Å². The SMILES string of the molecule is O=C(O)[C@H](CCOC1CC(CCc2ccc3c(n2)NCCC3)C1)NC(=O)C1(c2ccccc2Cl)CCOCC1. The van der Waals surface area contributed by atoms with Crippen LogP contribution in [0.2, 0.25) is 5.02 Å². The Kier molecular flexibility index (Phi) is 9.05. The van der Waals surface area contributed by atoms with Crippen molar-refractivity contribution in [2.45, 2.75) is 75.3 Å². The Morgan fingerprint density at radius 1 is 1.21 bits per heavy atom. The molecular weight excluding hydrogens is 518 g/mol. The van der Waals surface area contributed by atoms with Gasteiger partial charge >= 0.3 is 5.97 Å². The first kappa shape index (κ1) is 27.9. The molecule has 2 aromatic rings. The Morgan fingerprint density at radius 2 is 2.00 bits per heavy atom. The zero-order valence-corrected chi connectivity index (χ0v) is 23.0. The van der Waals surface area contributed by atoms with Crippen LogP contribution in [0.5, 0.6) is 0 Å². The molecule has 3 N–H and O–H groups in total. The van der Waals surface area contributed by atoms with Crippen LogP contribution in [0.3, 0.4) is 0 Å². The standard InChI is InChI=1S/C30H38ClN3O5/c31-25-6-2-1-5-24(25)30(12-16-38-17-13-30)29(37)34-26(28(35)36)11-15-39-23-18-20(19-23)7-9-22-10-8-21-4-3-14-32-27(21)33-22/h1-2,5-6,8,10,20,23,26H,3-4,7,9,11-19H2,(H,32,33)(H,34,37)(H,35,36)/t20?,23?,26-/m0/s1. The highest BCUT2D eigenvalue weighted by molar-refractivity contribution is 6.31. The summed E-state index contributed by atoms with van der Waals surface area (Å²) in [5, 5.41) is 16.5. The zero-order chi connectivity index (χ0) is 27.2. The molecule has 8 nitrogen and oxygen atoms in total. The summed E-state index contributed by atoms with van der Waals surface area (Å²) in [5.74, 6) is 0.260. The van der Waals surface area contributed by atoms with Gasteiger partial charge in [-0.2, -0.15) is 0 Å². The van der Waals surface area contributed by atoms with Crippen molar-refractivity contribution < 1.29 is 24.2 Å². The number of nitrogens with one attached hydrogen (secondary N) is 2. The summed E-state index contributed by atoms with van der Waals surface area (Å²) >= 11 is 6.46. The van der Waals surface area contributed by atoms with Crippen molar-refractivity contribution in [3.8, 4) is 0 Å². The van der Waals surface area contributed by atoms with E-state index in [4.69, 9.17) is 26.1 Å². The first-order chi connectivity index (χ1) is 18.9. The van der Waals surface area contributed by atoms with Crippen LogP contribution in [0, 0.1) is 5.92 Å². The van der Waals surface area contributed by atoms with Gasteiger partial charge in [0, 0.05) is 43.5 Å². The number of aryl methyl sites for hydroxylation is 2. The van der Waals surface area contributed by atoms with Crippen molar-refractivity contribution >= 4 is 29.3 Å². The summed E-state index contributed by atoms with van der Waals surface area (Å²) in [5.41, 5.74) is 2.25. The first-order valence-electron chi connectivity index (χ1n) is 14.2. The number of rotatable bonds is 11. The number of hydrogen-bond donors (Lipinski definition) is 3. The Balaban J connectivity index is 1.07. The number of benzene rings is 1. The number of carbonyl (C=O) groups is 2. The summed E-state index contributed by atoms with van der Waals surface area (Å²) in [6.45, 7) is 2.12. The van der Waals surface area contributed by atoms with Crippen LogP contribution in [0.15, 0.2) is 36.4 Å². The van der Waals surface area contributed by atoms with Crippen molar-refractivity contribution in [3.05, 3.63) is 58.2 Å². The average molecular weight is 556 g/mol. The number of halogens is 1. The average Bonchev–Trinajstić information content (AvgIpc) is 2.93. The molecule has 0 radical (unpaired) electrons. The number of aliphatic carboxylic acids is 1. The molecule has 1 saturated heterocycles. The third kappa shape index (κ3) is 6.56. The summed E-state index contributed by atoms with van der Waals surface area (Å²) < 4.78 is 11.5. The highest BCUT2D eigenvalue weighted by Crippen LogP contribution is 2.39. The number of anilines is 1. The number of aromatic nitrogens is 1. The molecule has 1 aromatic heterocycles. The lowest BCUT2D eigenvalue weighted by atomic mass is 9.73. The molecule has 0 spiro atoms. The first-order valence-corrected chi connectivity index (χ1v) is 14.5. The summed E-state index contributed by atoms with van der Waals surface area (Å²) in [6.07, 6.45) is 7.50. The smallest absolute Gasteiger partial charge is 0.326 e. The molecule has 0 bridgehead atoms. The van der Waals surface area contributed by atoms with E-state index in [9.17, 15) is 14.7 Å². The maximum absolute atomic E-state index is 13.5. The minimum Gasteiger partial charge on any atom is -0.480 e. The van der Waals surface area contributed by atoms with Crippen molar-refractivity contribution in [2.24, 2.45) is 5.92 Å². The van der Waals surface area contributed by atoms with Gasteiger partial charge in [0.05, 0.1) is 11.5 Å². The fraction of sp³-hybridized carbons (Fsp3) is 0.567. The molecule has 5 rings (SSSR count). The fourth-order valence-corrected chi connectivity index (χ4v) is 6.32. The molecule has 3 aliphatic rings. The molecule has 2 aliphatic heterocycles. The highest BCUT2D eigenvalue weighted by atomic mass is 35.5. The molecule has 210 valence electrons. The minimum atomic E-state index is -1.06. The van der Waals surface area contributed by atoms with E-state index in [-0.39, 0.29) is 25.0 Å². The monoisotopic (exact) mass is 555 g/mol. The largest absolute Gasteiger partial charge is 0.480 e. The molecule has 0 unspecified atom stereocenters. The Bertz CT molecular complexity index is 1160. The summed E-state index contributed by atoms with van der Waals surface area (Å²) in [7, 11) is 0. The number of pyridine rings is 1. The van der Waals surface area contributed by atoms with E-state index < -0.39 is 17.4 Å². The van der Waals surface area contributed by atoms with Gasteiger partial charge in [-0.25, -0.2) is 9.78 Å². The van der Waals surface area contributed by atoms with E-state index in [0.717, 1.165) is 62.1 Å². The predicted molar refractivity (Wildman–Crippen MR) is 149 cm³/mol. The summed E-state index contributed by atoms with van der Waals surface area (Å²) in [4.78, 5) is 30.3. The van der Waals surface area contributed by atoms with E-state index in [1.54, 1.807) is 6.07 Å². The molecule has 1 saturated carbocycles. The quantitative estimate of drug-likeness (QED) is 0.374. The third-order valence-corrected chi connectivity index (χ3v) is 8.82. The van der Waals surface area contributed by atoms with Crippen LogP contribution in [-0.4, -0.2) is 60.5 Å². The van der Waals surface area contributed by atoms with Crippen molar-refractivity contribution in [1.82, 2.24) is 10.3 Å². The number of hydrogen-bond acceptors (Lipinski definition) is 6. The van der Waals surface area contributed by atoms with Crippen LogP contribution in [-0.2, 0) is 37.3 Å². The lowest BCUT2D eigenvalue weighted by Crippen LogP contribution is -2.53. The second-order valence-electron chi connectivity index (χ2n) is 11.0. The van der Waals surface area contributed by atoms with E-state index in [2.05, 4.69) is 22.8 Å². The predicted octanol–water partition coefficient (Wildman–Crippen LogP) is 4.53. The van der Waals surface area contributed by atoms with Gasteiger partial charge in [-0.3, -0.25) is 4.79 Å². The van der Waals surface area contributed by atoms with Crippen molar-refractivity contribution in [1.29, 1.82) is 0 Å². The van der Waals surface area contributed by atoms with E-state index in [0.29, 0.717) is 37.0 Å². The number of fused-ring (bicyclic) bond motifs is 1. The molecule has 1 amide bonds. The van der Waals surface area contributed by atoms with E-state index in [1.807, 2.05) is 18.2 Å². The molecule has 2 fully saturated rings. The van der Waals surface area contributed by atoms with Crippen LogP contribution in [0.1, 0.15) is 61.8 Å². The molecule has 1 aliphatic carbocycles. The van der Waals surface area contributed by atoms with Crippen LogP contribution >= 0.6 is 11.6 Å². The zero-order valence-electron chi connectivity index (χ0n) is 22.3. The number of carboxylic acids is 1. The number of carboxylic acid groups (broad SMARTS) is 1. The molecule has 3 heterocycles. The van der Waals surface area contributed by atoms with Crippen LogP contribution < -0.4 is 10.6 Å². The lowest BCUT2D eigenvalue weighted by molar-refractivity contribution is -0.144. The van der Waals surface area contributed by atoms with Crippen LogP contribution in [0.4, 0.5) is 5.82 Å². The fourth-order valence-electron chi connectivity index (χ4n) is 6.00. The van der Waals surface area contributed by atoms with Gasteiger partial charge in [0.1, 0.15) is 11.9 Å². The van der Waals surface area contributed by atoms with Gasteiger partial charge in [0.2, 0.25) is 5.91 Å². The minimum absolute atomic E-state index is 0.142. The topological polar surface area (TPSA) is 110 Å². The summed E-state index contributed by atoms with van der Waals surface area (Å²) in [6, 6.07) is 10.6. The Morgan fingerprint density at radius 3 is 2.77 bits per heavy atom. The second-order valence-corrected chi connectivity index (χ2v) is 11.4. The molecule has 1 atom stereocenters. The highest BCUT2D eigenvalue weighted by Gasteiger charge is 2.44. The Labute approximate surface area is 234 Å². The normalized spacial score (nSPS) is 22.6. The lowest BCUT2D eigenvalue weighted by Gasteiger charge is -2.38. The maximum Gasteiger partial charge on any atom is 0.326 e. The molecule has 39 heavy (non-hydrogen) atoms. The van der Waals surface area contributed by atoms with Gasteiger partial charge in [0.15, 0.2) is 0 Å². The van der Waals surface area contributed by atoms with Crippen LogP contribution in [0.25, 0.3) is 0 Å². The van der Waals surface area contributed by atoms with Gasteiger partial charge in [0.25, 0.3) is 0 Å². The molecule has 1 aromatic carbocycles. The maximum atomic E-state index is 13.5. The van der Waals surface area contributed by atoms with Gasteiger partial charge in [-0.1, -0.05) is 35.9 Å². The number of carbonyl (C=O) groups excluding carboxylic acids is 1. The third-order valence-electron chi connectivity index (χ3n) is 8.49. The number of nitrogens with zero attached hydrogens (tertiary/aromatic N) is 1. The van der Waals surface area contributed by atoms with E-state index >= 15 is 0 Å². The number of ether oxygens (including phenoxy) is 2.